The summed E-state index contributed by atoms with van der Waals surface area (Å²) in [6.45, 7) is 3.28. The van der Waals surface area contributed by atoms with Crippen molar-refractivity contribution in [1.82, 2.24) is 24.6 Å². The van der Waals surface area contributed by atoms with E-state index in [-0.39, 0.29) is 17.6 Å². The van der Waals surface area contributed by atoms with Crippen molar-refractivity contribution in [3.63, 3.8) is 0 Å². The van der Waals surface area contributed by atoms with Gasteiger partial charge in [-0.25, -0.2) is 13.9 Å². The normalized spacial score (nSPS) is 19.8. The number of carbonyl (C=O) groups excluding carboxylic acids is 1. The van der Waals surface area contributed by atoms with Crippen molar-refractivity contribution in [2.24, 2.45) is 0 Å². The summed E-state index contributed by atoms with van der Waals surface area (Å²) in [4.78, 5) is 22.4. The molecule has 1 aromatic carbocycles. The first-order valence-electron chi connectivity index (χ1n) is 9.74. The highest BCUT2D eigenvalue weighted by Gasteiger charge is 2.30. The first-order chi connectivity index (χ1) is 14.4. The maximum Gasteiger partial charge on any atom is 0.357 e. The van der Waals surface area contributed by atoms with E-state index in [1.165, 1.54) is 20.3 Å². The molecule has 1 saturated heterocycles. The number of benzene rings is 1. The number of methoxy groups -OCH3 is 2. The second-order valence-electron chi connectivity index (χ2n) is 7.59. The van der Waals surface area contributed by atoms with Gasteiger partial charge in [0.25, 0.3) is 0 Å². The fourth-order valence-electron chi connectivity index (χ4n) is 4.01. The fraction of sp³-hybridized carbons (Fsp3) is 0.429. The van der Waals surface area contributed by atoms with Crippen molar-refractivity contribution in [1.29, 1.82) is 0 Å². The smallest absolute Gasteiger partial charge is 0.357 e. The molecule has 0 saturated carbocycles. The SMILES string of the molecule is COC(=O)c1cc(-n2ncc3cc(C)c([C@H]4CCN(C)C[C@H]4F)cc32)nc(OC)n1. The second-order valence-corrected chi connectivity index (χ2v) is 7.59. The highest BCUT2D eigenvalue weighted by molar-refractivity contribution is 5.88. The number of halogens is 1. The number of likely N-dealkylation sites (tertiary alicyclic amines) is 1. The Morgan fingerprint density at radius 1 is 1.23 bits per heavy atom. The third kappa shape index (κ3) is 3.60. The summed E-state index contributed by atoms with van der Waals surface area (Å²) in [7, 11) is 4.64. The predicted octanol–water partition coefficient (Wildman–Crippen LogP) is 2.68. The van der Waals surface area contributed by atoms with Crippen LogP contribution in [0.3, 0.4) is 0 Å². The lowest BCUT2D eigenvalue weighted by Gasteiger charge is -2.33. The zero-order chi connectivity index (χ0) is 21.4. The molecule has 0 bridgehead atoms. The monoisotopic (exact) mass is 413 g/mol. The predicted molar refractivity (Wildman–Crippen MR) is 109 cm³/mol. The summed E-state index contributed by atoms with van der Waals surface area (Å²) >= 11 is 0. The van der Waals surface area contributed by atoms with Gasteiger partial charge in [-0.3, -0.25) is 0 Å². The van der Waals surface area contributed by atoms with Crippen molar-refractivity contribution in [3.8, 4) is 11.8 Å². The first kappa shape index (κ1) is 20.2. The summed E-state index contributed by atoms with van der Waals surface area (Å²) in [5, 5.41) is 5.34. The van der Waals surface area contributed by atoms with Crippen LogP contribution in [0.5, 0.6) is 6.01 Å². The van der Waals surface area contributed by atoms with Gasteiger partial charge in [-0.15, -0.1) is 0 Å². The summed E-state index contributed by atoms with van der Waals surface area (Å²) in [5.41, 5.74) is 2.85. The topological polar surface area (TPSA) is 82.4 Å². The van der Waals surface area contributed by atoms with E-state index in [1.54, 1.807) is 10.9 Å². The Hall–Kier alpha value is -3.07. The number of aromatic nitrogens is 4. The Kier molecular flexibility index (Phi) is 5.38. The number of carbonyl (C=O) groups is 1. The molecule has 0 spiro atoms. The molecule has 0 amide bonds. The van der Waals surface area contributed by atoms with E-state index in [2.05, 4.69) is 15.1 Å². The lowest BCUT2D eigenvalue weighted by atomic mass is 9.85. The molecule has 1 aliphatic rings. The van der Waals surface area contributed by atoms with Crippen molar-refractivity contribution >= 4 is 16.9 Å². The summed E-state index contributed by atoms with van der Waals surface area (Å²) in [5.74, 6) is -0.400. The molecule has 0 N–H and O–H groups in total. The molecule has 3 aromatic rings. The number of aryl methyl sites for hydroxylation is 1. The minimum absolute atomic E-state index is 0.0306. The van der Waals surface area contributed by atoms with Gasteiger partial charge in [-0.2, -0.15) is 15.1 Å². The molecule has 8 nitrogen and oxygen atoms in total. The van der Waals surface area contributed by atoms with Crippen LogP contribution in [-0.4, -0.2) is 71.1 Å². The van der Waals surface area contributed by atoms with Crippen molar-refractivity contribution < 1.29 is 18.7 Å². The van der Waals surface area contributed by atoms with Gasteiger partial charge in [0.2, 0.25) is 0 Å². The van der Waals surface area contributed by atoms with E-state index in [0.29, 0.717) is 12.4 Å². The van der Waals surface area contributed by atoms with Crippen LogP contribution in [0, 0.1) is 6.92 Å². The Morgan fingerprint density at radius 3 is 2.73 bits per heavy atom. The molecule has 30 heavy (non-hydrogen) atoms. The molecule has 1 fully saturated rings. The van der Waals surface area contributed by atoms with E-state index in [4.69, 9.17) is 9.47 Å². The number of nitrogens with zero attached hydrogens (tertiary/aromatic N) is 5. The van der Waals surface area contributed by atoms with Crippen LogP contribution in [0.4, 0.5) is 4.39 Å². The zero-order valence-corrected chi connectivity index (χ0v) is 17.4. The molecule has 158 valence electrons. The number of hydrogen-bond donors (Lipinski definition) is 0. The van der Waals surface area contributed by atoms with Gasteiger partial charge in [0.1, 0.15) is 6.17 Å². The van der Waals surface area contributed by atoms with Crippen LogP contribution in [0.15, 0.2) is 24.4 Å². The van der Waals surface area contributed by atoms with Gasteiger partial charge >= 0.3 is 12.0 Å². The molecule has 3 heterocycles. The average Bonchev–Trinajstić information content (AvgIpc) is 3.15. The highest BCUT2D eigenvalue weighted by atomic mass is 19.1. The summed E-state index contributed by atoms with van der Waals surface area (Å²) in [6.07, 6.45) is 1.55. The van der Waals surface area contributed by atoms with Gasteiger partial charge in [0, 0.05) is 23.9 Å². The zero-order valence-electron chi connectivity index (χ0n) is 17.4. The molecule has 1 aliphatic heterocycles. The third-order valence-electron chi connectivity index (χ3n) is 5.59. The lowest BCUT2D eigenvalue weighted by Crippen LogP contribution is -2.38. The highest BCUT2D eigenvalue weighted by Crippen LogP contribution is 2.34. The largest absolute Gasteiger partial charge is 0.467 e. The Labute approximate surface area is 173 Å². The van der Waals surface area contributed by atoms with Crippen LogP contribution < -0.4 is 4.74 Å². The molecule has 0 radical (unpaired) electrons. The molecule has 2 atom stereocenters. The van der Waals surface area contributed by atoms with E-state index >= 15 is 0 Å². The third-order valence-corrected chi connectivity index (χ3v) is 5.59. The molecule has 4 rings (SSSR count). The Bertz CT molecular complexity index is 1100. The van der Waals surface area contributed by atoms with Crippen molar-refractivity contribution in [2.45, 2.75) is 25.4 Å². The van der Waals surface area contributed by atoms with Crippen LogP contribution in [0.2, 0.25) is 0 Å². The Morgan fingerprint density at radius 2 is 2.03 bits per heavy atom. The molecular weight excluding hydrogens is 389 g/mol. The van der Waals surface area contributed by atoms with Gasteiger partial charge in [0.15, 0.2) is 11.5 Å². The summed E-state index contributed by atoms with van der Waals surface area (Å²) in [6, 6.07) is 5.52. The molecular formula is C21H24FN5O3. The maximum atomic E-state index is 14.8. The number of esters is 1. The minimum Gasteiger partial charge on any atom is -0.467 e. The van der Waals surface area contributed by atoms with E-state index in [9.17, 15) is 9.18 Å². The summed E-state index contributed by atoms with van der Waals surface area (Å²) < 4.78 is 26.4. The second kappa shape index (κ2) is 7.98. The molecule has 0 aliphatic carbocycles. The van der Waals surface area contributed by atoms with Gasteiger partial charge < -0.3 is 14.4 Å². The van der Waals surface area contributed by atoms with E-state index in [0.717, 1.165) is 35.0 Å². The van der Waals surface area contributed by atoms with Gasteiger partial charge in [0.05, 0.1) is 25.9 Å². The van der Waals surface area contributed by atoms with Gasteiger partial charge in [-0.05, 0) is 50.2 Å². The first-order valence-corrected chi connectivity index (χ1v) is 9.74. The van der Waals surface area contributed by atoms with E-state index < -0.39 is 12.1 Å². The number of piperidine rings is 1. The van der Waals surface area contributed by atoms with Gasteiger partial charge in [-0.1, -0.05) is 0 Å². The molecule has 2 aromatic heterocycles. The number of fused-ring (bicyclic) bond motifs is 1. The number of alkyl halides is 1. The number of hydrogen-bond acceptors (Lipinski definition) is 7. The molecule has 0 unspecified atom stereocenters. The standard InChI is InChI=1S/C21H24FN5O3/c1-12-7-13-10-23-27(19-9-17(20(28)29-3)24-21(25-19)30-4)18(13)8-15(12)14-5-6-26(2)11-16(14)22/h7-10,14,16H,5-6,11H2,1-4H3/t14-,16-/m1/s1. The van der Waals surface area contributed by atoms with Crippen LogP contribution in [-0.2, 0) is 4.74 Å². The van der Waals surface area contributed by atoms with Crippen molar-refractivity contribution in [2.75, 3.05) is 34.4 Å². The van der Waals surface area contributed by atoms with Crippen LogP contribution in [0.1, 0.15) is 34.0 Å². The van der Waals surface area contributed by atoms with Crippen molar-refractivity contribution in [3.05, 3.63) is 41.2 Å². The maximum absolute atomic E-state index is 14.8. The number of ether oxygens (including phenoxy) is 2. The lowest BCUT2D eigenvalue weighted by molar-refractivity contribution is 0.0592. The minimum atomic E-state index is -0.929. The van der Waals surface area contributed by atoms with E-state index in [1.807, 2.05) is 31.0 Å². The van der Waals surface area contributed by atoms with Crippen LogP contribution in [0.25, 0.3) is 16.7 Å². The average molecular weight is 413 g/mol. The number of rotatable bonds is 4. The molecule has 9 heteroatoms. The van der Waals surface area contributed by atoms with Crippen LogP contribution >= 0.6 is 0 Å². The quantitative estimate of drug-likeness (QED) is 0.608. The fourth-order valence-corrected chi connectivity index (χ4v) is 4.01. The Balaban J connectivity index is 1.82.